The van der Waals surface area contributed by atoms with Gasteiger partial charge in [0.1, 0.15) is 17.0 Å². The van der Waals surface area contributed by atoms with E-state index in [4.69, 9.17) is 0 Å². The molecule has 1 aromatic rings. The average Bonchev–Trinajstić information content (AvgIpc) is 2.72. The number of aryl methyl sites for hydroxylation is 1. The average molecular weight is 211 g/mol. The lowest BCUT2D eigenvalue weighted by Crippen LogP contribution is -2.45. The Hall–Kier alpha value is -0.980. The largest absolute Gasteiger partial charge is 0.382 e. The Kier molecular flexibility index (Phi) is 1.72. The van der Waals surface area contributed by atoms with E-state index in [0.717, 1.165) is 5.69 Å². The first-order valence-corrected chi connectivity index (χ1v) is 5.14. The zero-order valence-corrected chi connectivity index (χ0v) is 8.42. The highest BCUT2D eigenvalue weighted by atomic mass is 16.6. The van der Waals surface area contributed by atoms with E-state index in [1.54, 1.807) is 0 Å². The van der Waals surface area contributed by atoms with Crippen molar-refractivity contribution in [2.45, 2.75) is 43.9 Å². The van der Waals surface area contributed by atoms with Gasteiger partial charge >= 0.3 is 0 Å². The van der Waals surface area contributed by atoms with Crippen LogP contribution in [0.5, 0.6) is 0 Å². The predicted molar refractivity (Wildman–Crippen MR) is 48.0 cm³/mol. The first kappa shape index (κ1) is 9.26. The summed E-state index contributed by atoms with van der Waals surface area (Å²) in [4.78, 5) is 0. The monoisotopic (exact) mass is 211 g/mol. The lowest BCUT2D eigenvalue weighted by molar-refractivity contribution is -0.159. The molecule has 1 aliphatic heterocycles. The van der Waals surface area contributed by atoms with Gasteiger partial charge < -0.3 is 10.3 Å². The molecule has 1 aromatic heterocycles. The zero-order chi connectivity index (χ0) is 10.6. The normalized spacial score (nSPS) is 40.2. The summed E-state index contributed by atoms with van der Waals surface area (Å²) < 4.78 is 4.65. The molecule has 6 nitrogen and oxygen atoms in total. The van der Waals surface area contributed by atoms with Gasteiger partial charge in [-0.1, -0.05) is 10.3 Å². The van der Waals surface area contributed by atoms with Crippen molar-refractivity contribution in [2.75, 3.05) is 0 Å². The summed E-state index contributed by atoms with van der Waals surface area (Å²) in [6.07, 6.45) is 1.84. The van der Waals surface area contributed by atoms with Crippen LogP contribution in [0.15, 0.2) is 4.63 Å². The van der Waals surface area contributed by atoms with Crippen LogP contribution >= 0.6 is 0 Å². The van der Waals surface area contributed by atoms with Crippen molar-refractivity contribution < 1.29 is 14.9 Å². The van der Waals surface area contributed by atoms with Crippen LogP contribution < -0.4 is 0 Å². The molecule has 1 saturated heterocycles. The van der Waals surface area contributed by atoms with Crippen molar-refractivity contribution in [3.05, 3.63) is 11.4 Å². The summed E-state index contributed by atoms with van der Waals surface area (Å²) >= 11 is 0. The molecular formula is C9H13N3O3. The fraction of sp³-hybridized carbons (Fsp3) is 0.778. The molecule has 82 valence electrons. The number of rotatable bonds is 0. The Morgan fingerprint density at radius 2 is 2.33 bits per heavy atom. The van der Waals surface area contributed by atoms with E-state index in [1.165, 1.54) is 5.06 Å². The van der Waals surface area contributed by atoms with Crippen LogP contribution in [0, 0.1) is 0 Å². The smallest absolute Gasteiger partial charge is 0.141 e. The topological polar surface area (TPSA) is 82.6 Å². The van der Waals surface area contributed by atoms with Crippen molar-refractivity contribution in [1.82, 2.24) is 15.4 Å². The van der Waals surface area contributed by atoms with Crippen LogP contribution in [0.25, 0.3) is 0 Å². The SMILES string of the molecule is C[C@H]1C[C@]2(O)c3nonc3CC[C@H]2N1O. The molecule has 2 heterocycles. The van der Waals surface area contributed by atoms with Crippen molar-refractivity contribution in [3.8, 4) is 0 Å². The van der Waals surface area contributed by atoms with Gasteiger partial charge in [-0.05, 0) is 19.8 Å². The van der Waals surface area contributed by atoms with Gasteiger partial charge in [0.15, 0.2) is 0 Å². The van der Waals surface area contributed by atoms with Crippen LogP contribution in [0.3, 0.4) is 0 Å². The van der Waals surface area contributed by atoms with E-state index in [2.05, 4.69) is 14.9 Å². The van der Waals surface area contributed by atoms with Gasteiger partial charge in [-0.3, -0.25) is 0 Å². The van der Waals surface area contributed by atoms with Gasteiger partial charge in [0.05, 0.1) is 6.04 Å². The minimum atomic E-state index is -1.10. The predicted octanol–water partition coefficient (Wildman–Crippen LogP) is 0.0554. The molecule has 0 amide bonds. The molecule has 1 aliphatic carbocycles. The third kappa shape index (κ3) is 1.04. The first-order valence-electron chi connectivity index (χ1n) is 5.14. The van der Waals surface area contributed by atoms with Gasteiger partial charge in [0, 0.05) is 12.5 Å². The fourth-order valence-corrected chi connectivity index (χ4v) is 2.80. The van der Waals surface area contributed by atoms with Gasteiger partial charge in [-0.2, -0.15) is 5.06 Å². The van der Waals surface area contributed by atoms with E-state index >= 15 is 0 Å². The van der Waals surface area contributed by atoms with Crippen molar-refractivity contribution in [1.29, 1.82) is 0 Å². The molecular weight excluding hydrogens is 198 g/mol. The fourth-order valence-electron chi connectivity index (χ4n) is 2.80. The number of fused-ring (bicyclic) bond motifs is 3. The van der Waals surface area contributed by atoms with E-state index < -0.39 is 5.60 Å². The maximum Gasteiger partial charge on any atom is 0.141 e. The summed E-state index contributed by atoms with van der Waals surface area (Å²) in [7, 11) is 0. The summed E-state index contributed by atoms with van der Waals surface area (Å²) in [6, 6.07) is -0.352. The maximum atomic E-state index is 10.5. The molecule has 2 N–H and O–H groups in total. The quantitative estimate of drug-likeness (QED) is 0.631. The molecule has 0 aromatic carbocycles. The van der Waals surface area contributed by atoms with E-state index in [-0.39, 0.29) is 12.1 Å². The van der Waals surface area contributed by atoms with Crippen LogP contribution in [0.2, 0.25) is 0 Å². The molecule has 3 rings (SSSR count). The highest BCUT2D eigenvalue weighted by Gasteiger charge is 2.55. The second kappa shape index (κ2) is 2.78. The van der Waals surface area contributed by atoms with E-state index in [1.807, 2.05) is 6.92 Å². The summed E-state index contributed by atoms with van der Waals surface area (Å²) in [5.74, 6) is 0. The molecule has 6 heteroatoms. The number of hydroxylamine groups is 2. The van der Waals surface area contributed by atoms with E-state index in [9.17, 15) is 10.3 Å². The second-order valence-corrected chi connectivity index (χ2v) is 4.47. The molecule has 0 saturated carbocycles. The molecule has 0 unspecified atom stereocenters. The molecule has 2 aliphatic rings. The molecule has 1 fully saturated rings. The molecule has 0 bridgehead atoms. The third-order valence-electron chi connectivity index (χ3n) is 3.55. The molecule has 0 radical (unpaired) electrons. The van der Waals surface area contributed by atoms with Crippen LogP contribution in [-0.2, 0) is 12.0 Å². The summed E-state index contributed by atoms with van der Waals surface area (Å²) in [6.45, 7) is 1.88. The van der Waals surface area contributed by atoms with Gasteiger partial charge in [-0.25, -0.2) is 4.63 Å². The molecule has 3 atom stereocenters. The highest BCUT2D eigenvalue weighted by molar-refractivity contribution is 5.26. The lowest BCUT2D eigenvalue weighted by Gasteiger charge is -2.33. The first-order chi connectivity index (χ1) is 7.13. The Balaban J connectivity index is 2.10. The van der Waals surface area contributed by atoms with Crippen molar-refractivity contribution >= 4 is 0 Å². The Bertz CT molecular complexity index is 394. The number of nitrogens with zero attached hydrogens (tertiary/aromatic N) is 3. The molecule has 15 heavy (non-hydrogen) atoms. The number of hydrogen-bond donors (Lipinski definition) is 2. The van der Waals surface area contributed by atoms with Gasteiger partial charge in [-0.15, -0.1) is 0 Å². The maximum absolute atomic E-state index is 10.5. The van der Waals surface area contributed by atoms with Crippen LogP contribution in [-0.4, -0.2) is 37.8 Å². The highest BCUT2D eigenvalue weighted by Crippen LogP contribution is 2.45. The van der Waals surface area contributed by atoms with Crippen LogP contribution in [0.4, 0.5) is 0 Å². The number of aromatic nitrogens is 2. The number of hydrogen-bond acceptors (Lipinski definition) is 6. The lowest BCUT2D eigenvalue weighted by atomic mass is 9.81. The zero-order valence-electron chi connectivity index (χ0n) is 8.42. The van der Waals surface area contributed by atoms with Crippen molar-refractivity contribution in [2.24, 2.45) is 0 Å². The Labute approximate surface area is 86.4 Å². The third-order valence-corrected chi connectivity index (χ3v) is 3.55. The Morgan fingerprint density at radius 3 is 3.13 bits per heavy atom. The molecule has 0 spiro atoms. The van der Waals surface area contributed by atoms with Gasteiger partial charge in [0.25, 0.3) is 0 Å². The van der Waals surface area contributed by atoms with E-state index in [0.29, 0.717) is 25.0 Å². The Morgan fingerprint density at radius 1 is 1.53 bits per heavy atom. The second-order valence-electron chi connectivity index (χ2n) is 4.47. The summed E-state index contributed by atoms with van der Waals surface area (Å²) in [5.41, 5.74) is 0.125. The standard InChI is InChI=1S/C9H13N3O3/c1-5-4-9(13)7(12(5)14)3-2-6-8(9)11-15-10-6/h5,7,13-14H,2-4H2,1H3/t5-,7+,9+/m0/s1. The minimum Gasteiger partial charge on any atom is -0.382 e. The van der Waals surface area contributed by atoms with Crippen LogP contribution in [0.1, 0.15) is 31.2 Å². The van der Waals surface area contributed by atoms with Crippen molar-refractivity contribution in [3.63, 3.8) is 0 Å². The minimum absolute atomic E-state index is 0.0670. The number of aliphatic hydroxyl groups is 1. The summed E-state index contributed by atoms with van der Waals surface area (Å²) in [5, 5.41) is 29.1. The van der Waals surface area contributed by atoms with Gasteiger partial charge in [0.2, 0.25) is 0 Å².